The normalized spacial score (nSPS) is 20.4. The number of nitrogens with zero attached hydrogens (tertiary/aromatic N) is 4. The molecule has 2 atom stereocenters. The molecule has 1 saturated carbocycles. The van der Waals surface area contributed by atoms with Crippen LogP contribution in [-0.4, -0.2) is 90.6 Å². The van der Waals surface area contributed by atoms with Gasteiger partial charge in [-0.1, -0.05) is 12.8 Å². The monoisotopic (exact) mass is 549 g/mol. The van der Waals surface area contributed by atoms with Crippen molar-refractivity contribution in [1.29, 1.82) is 0 Å². The van der Waals surface area contributed by atoms with E-state index >= 15 is 0 Å². The molecule has 4 rings (SSSR count). The van der Waals surface area contributed by atoms with Crippen LogP contribution in [0.3, 0.4) is 0 Å². The van der Waals surface area contributed by atoms with Crippen molar-refractivity contribution in [2.45, 2.75) is 43.9 Å². The number of carbonyl (C=O) groups is 2. The van der Waals surface area contributed by atoms with Crippen molar-refractivity contribution in [2.24, 2.45) is 0 Å². The Morgan fingerprint density at radius 1 is 1.05 bits per heavy atom. The third-order valence-electron chi connectivity index (χ3n) is 6.98. The van der Waals surface area contributed by atoms with Crippen molar-refractivity contribution in [3.63, 3.8) is 0 Å². The summed E-state index contributed by atoms with van der Waals surface area (Å²) in [6, 6.07) is 5.87. The van der Waals surface area contributed by atoms with E-state index in [-0.39, 0.29) is 36.2 Å². The molecule has 1 aromatic heterocycles. The van der Waals surface area contributed by atoms with E-state index in [1.807, 2.05) is 7.05 Å². The number of piperazine rings is 1. The first-order valence-electron chi connectivity index (χ1n) is 13.0. The van der Waals surface area contributed by atoms with E-state index in [1.54, 1.807) is 29.2 Å². The van der Waals surface area contributed by atoms with Gasteiger partial charge in [-0.3, -0.25) is 9.59 Å². The molecule has 3 N–H and O–H groups in total. The Morgan fingerprint density at radius 2 is 1.72 bits per heavy atom. The highest BCUT2D eigenvalue weighted by atomic mass is 19.4. The molecule has 0 bridgehead atoms. The second-order valence-electron chi connectivity index (χ2n) is 9.89. The lowest BCUT2D eigenvalue weighted by Gasteiger charge is -2.33. The zero-order chi connectivity index (χ0) is 28.0. The number of likely N-dealkylation sites (N-methyl/N-ethyl adjacent to an activating group) is 1. The van der Waals surface area contributed by atoms with Crippen LogP contribution in [-0.2, 0) is 15.7 Å². The number of carbonyl (C=O) groups excluding carboxylic acids is 2. The zero-order valence-corrected chi connectivity index (χ0v) is 22.1. The van der Waals surface area contributed by atoms with Crippen molar-refractivity contribution in [3.05, 3.63) is 41.6 Å². The van der Waals surface area contributed by atoms with Crippen molar-refractivity contribution in [2.75, 3.05) is 57.6 Å². The second-order valence-corrected chi connectivity index (χ2v) is 9.89. The molecule has 1 aromatic carbocycles. The summed E-state index contributed by atoms with van der Waals surface area (Å²) in [7, 11) is 3.42. The lowest BCUT2D eigenvalue weighted by Crippen LogP contribution is -2.49. The fraction of sp³-hybridized carbons (Fsp3) is 0.538. The van der Waals surface area contributed by atoms with Crippen molar-refractivity contribution >= 4 is 29.3 Å². The van der Waals surface area contributed by atoms with Crippen molar-refractivity contribution in [1.82, 2.24) is 25.1 Å². The molecular formula is C26H34F3N7O3. The number of benzene rings is 1. The van der Waals surface area contributed by atoms with Gasteiger partial charge in [-0.15, -0.1) is 0 Å². The van der Waals surface area contributed by atoms with E-state index in [1.165, 1.54) is 7.11 Å². The number of alkyl halides is 3. The summed E-state index contributed by atoms with van der Waals surface area (Å²) >= 11 is 0. The molecule has 212 valence electrons. The minimum atomic E-state index is -4.67. The number of rotatable bonds is 8. The maximum Gasteiger partial charge on any atom is 0.421 e. The van der Waals surface area contributed by atoms with Crippen LogP contribution in [0.5, 0.6) is 0 Å². The van der Waals surface area contributed by atoms with E-state index in [2.05, 4.69) is 30.8 Å². The number of halogens is 3. The molecule has 0 spiro atoms. The first-order valence-corrected chi connectivity index (χ1v) is 13.0. The summed E-state index contributed by atoms with van der Waals surface area (Å²) in [6.45, 7) is 2.81. The Kier molecular flexibility index (Phi) is 9.23. The predicted octanol–water partition coefficient (Wildman–Crippen LogP) is 3.11. The number of nitrogens with one attached hydrogen (secondary N) is 3. The molecule has 2 aromatic rings. The minimum Gasteiger partial charge on any atom is -0.375 e. The number of aromatic nitrogens is 2. The van der Waals surface area contributed by atoms with Gasteiger partial charge in [-0.25, -0.2) is 4.98 Å². The number of amides is 2. The van der Waals surface area contributed by atoms with Gasteiger partial charge >= 0.3 is 6.18 Å². The highest BCUT2D eigenvalue weighted by Gasteiger charge is 2.37. The number of anilines is 3. The maximum atomic E-state index is 13.8. The van der Waals surface area contributed by atoms with E-state index in [4.69, 9.17) is 4.74 Å². The second kappa shape index (κ2) is 12.6. The predicted molar refractivity (Wildman–Crippen MR) is 140 cm³/mol. The lowest BCUT2D eigenvalue weighted by molar-refractivity contribution is -0.137. The van der Waals surface area contributed by atoms with Gasteiger partial charge in [0, 0.05) is 62.8 Å². The summed E-state index contributed by atoms with van der Waals surface area (Å²) in [4.78, 5) is 36.8. The molecule has 1 aliphatic heterocycles. The minimum absolute atomic E-state index is 0.0283. The van der Waals surface area contributed by atoms with Crippen LogP contribution >= 0.6 is 0 Å². The largest absolute Gasteiger partial charge is 0.421 e. The van der Waals surface area contributed by atoms with Gasteiger partial charge in [-0.05, 0) is 44.2 Å². The highest BCUT2D eigenvalue weighted by Crippen LogP contribution is 2.35. The summed E-state index contributed by atoms with van der Waals surface area (Å²) in [5.41, 5.74) is 0.0615. The SMILES string of the molecule is COCC(=O)N[C@H]1CCCC[C@H]1Nc1nc(Nc2ccc(C(=O)N3CCN(C)CC3)cc2)ncc1C(F)(F)F. The molecule has 2 amide bonds. The number of hydrogen-bond acceptors (Lipinski definition) is 8. The average molecular weight is 550 g/mol. The summed E-state index contributed by atoms with van der Waals surface area (Å²) in [5, 5.41) is 8.69. The Hall–Kier alpha value is -3.45. The van der Waals surface area contributed by atoms with Crippen LogP contribution in [0, 0.1) is 0 Å². The Labute approximate surface area is 225 Å². The Balaban J connectivity index is 1.48. The van der Waals surface area contributed by atoms with Crippen molar-refractivity contribution in [3.8, 4) is 0 Å². The first-order chi connectivity index (χ1) is 18.6. The third-order valence-corrected chi connectivity index (χ3v) is 6.98. The van der Waals surface area contributed by atoms with Crippen LogP contribution in [0.2, 0.25) is 0 Å². The van der Waals surface area contributed by atoms with Crippen LogP contribution in [0.4, 0.5) is 30.6 Å². The molecule has 1 saturated heterocycles. The number of hydrogen-bond donors (Lipinski definition) is 3. The summed E-state index contributed by atoms with van der Waals surface area (Å²) in [5.74, 6) is -0.780. The quantitative estimate of drug-likeness (QED) is 0.461. The molecule has 0 radical (unpaired) electrons. The van der Waals surface area contributed by atoms with Crippen molar-refractivity contribution < 1.29 is 27.5 Å². The van der Waals surface area contributed by atoms with Gasteiger partial charge < -0.3 is 30.5 Å². The van der Waals surface area contributed by atoms with Gasteiger partial charge in [0.15, 0.2) is 0 Å². The fourth-order valence-corrected chi connectivity index (χ4v) is 4.81. The van der Waals surface area contributed by atoms with E-state index < -0.39 is 17.8 Å². The molecule has 1 aliphatic carbocycles. The molecule has 0 unspecified atom stereocenters. The van der Waals surface area contributed by atoms with Crippen LogP contribution < -0.4 is 16.0 Å². The lowest BCUT2D eigenvalue weighted by atomic mass is 9.90. The standard InChI is InChI=1S/C26H34F3N7O3/c1-35-11-13-36(14-12-35)24(38)17-7-9-18(10-8-17)31-25-30-15-19(26(27,28)29)23(34-25)33-21-6-4-3-5-20(21)32-22(37)16-39-2/h7-10,15,20-21H,3-6,11-14,16H2,1-2H3,(H,32,37)(H2,30,31,33,34)/t20-,21+/m0/s1. The third kappa shape index (κ3) is 7.57. The van der Waals surface area contributed by atoms with Gasteiger partial charge in [0.2, 0.25) is 11.9 Å². The first kappa shape index (κ1) is 28.6. The number of methoxy groups -OCH3 is 1. The van der Waals surface area contributed by atoms with E-state index in [0.717, 1.165) is 32.1 Å². The number of ether oxygens (including phenoxy) is 1. The van der Waals surface area contributed by atoms with Gasteiger partial charge in [0.05, 0.1) is 0 Å². The zero-order valence-electron chi connectivity index (χ0n) is 22.1. The topological polar surface area (TPSA) is 112 Å². The Bertz CT molecular complexity index is 1140. The molecule has 2 fully saturated rings. The molecule has 10 nitrogen and oxygen atoms in total. The molecule has 2 heterocycles. The van der Waals surface area contributed by atoms with Gasteiger partial charge in [0.1, 0.15) is 18.0 Å². The highest BCUT2D eigenvalue weighted by molar-refractivity contribution is 5.94. The van der Waals surface area contributed by atoms with Crippen LogP contribution in [0.25, 0.3) is 0 Å². The van der Waals surface area contributed by atoms with Gasteiger partial charge in [-0.2, -0.15) is 18.2 Å². The molecule has 2 aliphatic rings. The molecule has 13 heteroatoms. The van der Waals surface area contributed by atoms with Crippen LogP contribution in [0.15, 0.2) is 30.5 Å². The average Bonchev–Trinajstić information content (AvgIpc) is 2.90. The fourth-order valence-electron chi connectivity index (χ4n) is 4.81. The Morgan fingerprint density at radius 3 is 2.36 bits per heavy atom. The van der Waals surface area contributed by atoms with E-state index in [0.29, 0.717) is 37.2 Å². The summed E-state index contributed by atoms with van der Waals surface area (Å²) < 4.78 is 46.3. The molecular weight excluding hydrogens is 515 g/mol. The molecule has 39 heavy (non-hydrogen) atoms. The maximum absolute atomic E-state index is 13.8. The van der Waals surface area contributed by atoms with E-state index in [9.17, 15) is 22.8 Å². The summed E-state index contributed by atoms with van der Waals surface area (Å²) in [6.07, 6.45) is -1.06. The smallest absolute Gasteiger partial charge is 0.375 e. The van der Waals surface area contributed by atoms with Gasteiger partial charge in [0.25, 0.3) is 5.91 Å². The van der Waals surface area contributed by atoms with Crippen LogP contribution in [0.1, 0.15) is 41.6 Å².